The smallest absolute Gasteiger partial charge is 0.251 e. The molecule has 1 aromatic rings. The fraction of sp³-hybridized carbons (Fsp3) is 0.579. The molecule has 0 bridgehead atoms. The van der Waals surface area contributed by atoms with Crippen LogP contribution in [0.2, 0.25) is 0 Å². The molecule has 1 heterocycles. The first-order valence-corrected chi connectivity index (χ1v) is 8.83. The van der Waals surface area contributed by atoms with Crippen LogP contribution in [0.1, 0.15) is 42.6 Å². The van der Waals surface area contributed by atoms with Gasteiger partial charge in [0.05, 0.1) is 0 Å². The zero-order valence-corrected chi connectivity index (χ0v) is 16.1. The summed E-state index contributed by atoms with van der Waals surface area (Å²) in [5.41, 5.74) is 1.68. The molecule has 2 unspecified atom stereocenters. The zero-order chi connectivity index (χ0) is 17.5. The van der Waals surface area contributed by atoms with Crippen molar-refractivity contribution >= 4 is 24.2 Å². The average Bonchev–Trinajstić information content (AvgIpc) is 3.06. The SMILES string of the molecule is Cc1ccc(C(=O)NC(C(=O)NCCC2CCNC2)C(C)C)cc1.Cl. The second-order valence-electron chi connectivity index (χ2n) is 7.00. The number of carbonyl (C=O) groups is 2. The summed E-state index contributed by atoms with van der Waals surface area (Å²) in [5.74, 6) is 0.373. The summed E-state index contributed by atoms with van der Waals surface area (Å²) in [6.07, 6.45) is 2.16. The highest BCUT2D eigenvalue weighted by atomic mass is 35.5. The lowest BCUT2D eigenvalue weighted by atomic mass is 10.0. The van der Waals surface area contributed by atoms with E-state index < -0.39 is 6.04 Å². The van der Waals surface area contributed by atoms with Crippen molar-refractivity contribution in [1.82, 2.24) is 16.0 Å². The van der Waals surface area contributed by atoms with Crippen LogP contribution in [0.15, 0.2) is 24.3 Å². The van der Waals surface area contributed by atoms with Crippen molar-refractivity contribution < 1.29 is 9.59 Å². The molecule has 3 N–H and O–H groups in total. The number of carbonyl (C=O) groups excluding carboxylic acids is 2. The lowest BCUT2D eigenvalue weighted by Crippen LogP contribution is -2.50. The topological polar surface area (TPSA) is 70.2 Å². The van der Waals surface area contributed by atoms with Crippen molar-refractivity contribution in [3.8, 4) is 0 Å². The summed E-state index contributed by atoms with van der Waals surface area (Å²) < 4.78 is 0. The maximum absolute atomic E-state index is 12.4. The number of amides is 2. The van der Waals surface area contributed by atoms with Crippen LogP contribution in [0.3, 0.4) is 0 Å². The molecule has 2 rings (SSSR count). The molecule has 1 saturated heterocycles. The third-order valence-electron chi connectivity index (χ3n) is 4.56. The van der Waals surface area contributed by atoms with Gasteiger partial charge in [0.2, 0.25) is 5.91 Å². The highest BCUT2D eigenvalue weighted by Crippen LogP contribution is 2.11. The van der Waals surface area contributed by atoms with Crippen LogP contribution in [0.4, 0.5) is 0 Å². The van der Waals surface area contributed by atoms with Gasteiger partial charge in [-0.3, -0.25) is 9.59 Å². The van der Waals surface area contributed by atoms with Crippen LogP contribution in [0.25, 0.3) is 0 Å². The largest absolute Gasteiger partial charge is 0.354 e. The molecule has 0 saturated carbocycles. The lowest BCUT2D eigenvalue weighted by molar-refractivity contribution is -0.123. The number of hydrogen-bond acceptors (Lipinski definition) is 3. The summed E-state index contributed by atoms with van der Waals surface area (Å²) in [6.45, 7) is 8.63. The second kappa shape index (κ2) is 10.4. The van der Waals surface area contributed by atoms with E-state index in [9.17, 15) is 9.59 Å². The molecule has 25 heavy (non-hydrogen) atoms. The van der Waals surface area contributed by atoms with Crippen LogP contribution in [0, 0.1) is 18.8 Å². The van der Waals surface area contributed by atoms with E-state index >= 15 is 0 Å². The lowest BCUT2D eigenvalue weighted by Gasteiger charge is -2.22. The number of benzene rings is 1. The van der Waals surface area contributed by atoms with Gasteiger partial charge in [-0.25, -0.2) is 0 Å². The third kappa shape index (κ3) is 6.67. The van der Waals surface area contributed by atoms with E-state index in [4.69, 9.17) is 0 Å². The van der Waals surface area contributed by atoms with Crippen molar-refractivity contribution in [1.29, 1.82) is 0 Å². The van der Waals surface area contributed by atoms with Gasteiger partial charge in [0.15, 0.2) is 0 Å². The first-order chi connectivity index (χ1) is 11.5. The van der Waals surface area contributed by atoms with E-state index in [1.165, 1.54) is 6.42 Å². The summed E-state index contributed by atoms with van der Waals surface area (Å²) in [6, 6.07) is 6.85. The van der Waals surface area contributed by atoms with Gasteiger partial charge in [0.25, 0.3) is 5.91 Å². The number of halogens is 1. The van der Waals surface area contributed by atoms with E-state index in [1.54, 1.807) is 12.1 Å². The van der Waals surface area contributed by atoms with Gasteiger partial charge in [-0.1, -0.05) is 31.5 Å². The number of hydrogen-bond donors (Lipinski definition) is 3. The van der Waals surface area contributed by atoms with E-state index in [0.29, 0.717) is 18.0 Å². The molecule has 6 heteroatoms. The monoisotopic (exact) mass is 367 g/mol. The van der Waals surface area contributed by atoms with Gasteiger partial charge in [0.1, 0.15) is 6.04 Å². The van der Waals surface area contributed by atoms with Crippen LogP contribution in [-0.4, -0.2) is 37.5 Å². The Morgan fingerprint density at radius 2 is 1.92 bits per heavy atom. The van der Waals surface area contributed by atoms with E-state index in [2.05, 4.69) is 16.0 Å². The first kappa shape index (κ1) is 21.5. The Bertz CT molecular complexity index is 554. The summed E-state index contributed by atoms with van der Waals surface area (Å²) in [4.78, 5) is 24.8. The van der Waals surface area contributed by atoms with Crippen molar-refractivity contribution in [2.75, 3.05) is 19.6 Å². The van der Waals surface area contributed by atoms with Crippen molar-refractivity contribution in [2.24, 2.45) is 11.8 Å². The number of nitrogens with one attached hydrogen (secondary N) is 3. The van der Waals surface area contributed by atoms with Gasteiger partial charge >= 0.3 is 0 Å². The summed E-state index contributed by atoms with van der Waals surface area (Å²) in [7, 11) is 0. The molecule has 0 radical (unpaired) electrons. The molecule has 1 fully saturated rings. The van der Waals surface area contributed by atoms with E-state index in [1.807, 2.05) is 32.9 Å². The van der Waals surface area contributed by atoms with Crippen LogP contribution < -0.4 is 16.0 Å². The highest BCUT2D eigenvalue weighted by molar-refractivity contribution is 5.97. The van der Waals surface area contributed by atoms with Crippen molar-refractivity contribution in [3.05, 3.63) is 35.4 Å². The predicted octanol–water partition coefficient (Wildman–Crippen LogP) is 2.29. The fourth-order valence-corrected chi connectivity index (χ4v) is 2.93. The molecule has 2 amide bonds. The quantitative estimate of drug-likeness (QED) is 0.692. The Labute approximate surface area is 156 Å². The van der Waals surface area contributed by atoms with Gasteiger partial charge in [-0.2, -0.15) is 0 Å². The fourth-order valence-electron chi connectivity index (χ4n) is 2.93. The standard InChI is InChI=1S/C19H29N3O2.ClH/c1-13(2)17(19(24)21-11-9-15-8-10-20-12-15)22-18(23)16-6-4-14(3)5-7-16;/h4-7,13,15,17,20H,8-12H2,1-3H3,(H,21,24)(H,22,23);1H. The first-order valence-electron chi connectivity index (χ1n) is 8.83. The predicted molar refractivity (Wildman–Crippen MR) is 103 cm³/mol. The Kier molecular flexibility index (Phi) is 8.93. The molecular formula is C19H30ClN3O2. The van der Waals surface area contributed by atoms with Crippen LogP contribution in [-0.2, 0) is 4.79 Å². The molecule has 140 valence electrons. The normalized spacial score (nSPS) is 17.7. The molecule has 1 aliphatic heterocycles. The highest BCUT2D eigenvalue weighted by Gasteiger charge is 2.24. The van der Waals surface area contributed by atoms with Crippen LogP contribution >= 0.6 is 12.4 Å². The van der Waals surface area contributed by atoms with Gasteiger partial charge in [-0.15, -0.1) is 12.4 Å². The van der Waals surface area contributed by atoms with Gasteiger partial charge < -0.3 is 16.0 Å². The molecule has 5 nitrogen and oxygen atoms in total. The Morgan fingerprint density at radius 3 is 2.48 bits per heavy atom. The minimum atomic E-state index is -0.513. The average molecular weight is 368 g/mol. The Balaban J connectivity index is 0.00000312. The van der Waals surface area contributed by atoms with Crippen molar-refractivity contribution in [2.45, 2.75) is 39.7 Å². The number of aryl methyl sites for hydroxylation is 1. The molecule has 0 aromatic heterocycles. The van der Waals surface area contributed by atoms with E-state index in [0.717, 1.165) is 25.1 Å². The van der Waals surface area contributed by atoms with Crippen molar-refractivity contribution in [3.63, 3.8) is 0 Å². The molecule has 1 aromatic carbocycles. The summed E-state index contributed by atoms with van der Waals surface area (Å²) >= 11 is 0. The molecule has 0 aliphatic carbocycles. The molecular weight excluding hydrogens is 338 g/mol. The third-order valence-corrected chi connectivity index (χ3v) is 4.56. The van der Waals surface area contributed by atoms with Crippen LogP contribution in [0.5, 0.6) is 0 Å². The number of rotatable bonds is 7. The minimum Gasteiger partial charge on any atom is -0.354 e. The minimum absolute atomic E-state index is 0. The maximum Gasteiger partial charge on any atom is 0.251 e. The Morgan fingerprint density at radius 1 is 1.24 bits per heavy atom. The molecule has 0 spiro atoms. The zero-order valence-electron chi connectivity index (χ0n) is 15.3. The van der Waals surface area contributed by atoms with E-state index in [-0.39, 0.29) is 30.1 Å². The van der Waals surface area contributed by atoms with Gasteiger partial charge in [-0.05, 0) is 56.8 Å². The molecule has 1 aliphatic rings. The molecule has 2 atom stereocenters. The maximum atomic E-state index is 12.4. The second-order valence-corrected chi connectivity index (χ2v) is 7.00. The Hall–Kier alpha value is -1.59. The summed E-state index contributed by atoms with van der Waals surface area (Å²) in [5, 5.41) is 9.17. The van der Waals surface area contributed by atoms with Gasteiger partial charge in [0, 0.05) is 12.1 Å².